The van der Waals surface area contributed by atoms with Crippen LogP contribution in [0.4, 0.5) is 0 Å². The lowest BCUT2D eigenvalue weighted by atomic mass is 9.74. The zero-order valence-corrected chi connectivity index (χ0v) is 9.41. The summed E-state index contributed by atoms with van der Waals surface area (Å²) in [5.41, 5.74) is -0.395. The molecule has 86 valence electrons. The molecule has 0 aromatic rings. The Balaban J connectivity index is 1.76. The van der Waals surface area contributed by atoms with Crippen molar-refractivity contribution in [3.05, 3.63) is 0 Å². The van der Waals surface area contributed by atoms with Crippen molar-refractivity contribution < 1.29 is 5.11 Å². The lowest BCUT2D eigenvalue weighted by molar-refractivity contribution is -0.0789. The van der Waals surface area contributed by atoms with Crippen LogP contribution in [0, 0.1) is 5.92 Å². The normalized spacial score (nSPS) is 50.6. The van der Waals surface area contributed by atoms with Gasteiger partial charge in [0.2, 0.25) is 0 Å². The van der Waals surface area contributed by atoms with Gasteiger partial charge in [-0.15, -0.1) is 0 Å². The van der Waals surface area contributed by atoms with Gasteiger partial charge in [-0.1, -0.05) is 6.42 Å². The van der Waals surface area contributed by atoms with Gasteiger partial charge in [-0.3, -0.25) is 0 Å². The van der Waals surface area contributed by atoms with E-state index in [1.165, 1.54) is 32.2 Å². The Morgan fingerprint density at radius 3 is 2.93 bits per heavy atom. The minimum Gasteiger partial charge on any atom is -0.388 e. The zero-order valence-electron chi connectivity index (χ0n) is 9.41. The third-order valence-corrected chi connectivity index (χ3v) is 4.72. The second-order valence-corrected chi connectivity index (χ2v) is 5.53. The highest BCUT2D eigenvalue weighted by atomic mass is 16.3. The number of rotatable bonds is 1. The van der Waals surface area contributed by atoms with Crippen LogP contribution in [0.1, 0.15) is 32.1 Å². The van der Waals surface area contributed by atoms with Gasteiger partial charge in [0.05, 0.1) is 5.60 Å². The number of nitrogens with zero attached hydrogens (tertiary/aromatic N) is 1. The van der Waals surface area contributed by atoms with Crippen LogP contribution in [-0.2, 0) is 0 Å². The number of aliphatic hydroxyl groups is 1. The largest absolute Gasteiger partial charge is 0.388 e. The predicted molar refractivity (Wildman–Crippen MR) is 59.8 cm³/mol. The van der Waals surface area contributed by atoms with E-state index in [2.05, 4.69) is 10.2 Å². The van der Waals surface area contributed by atoms with E-state index < -0.39 is 5.60 Å². The van der Waals surface area contributed by atoms with Crippen LogP contribution in [0.15, 0.2) is 0 Å². The topological polar surface area (TPSA) is 35.5 Å². The molecular weight excluding hydrogens is 188 g/mol. The SMILES string of the molecule is OC1(C2CCCCN2)CCN2CCC1C2. The van der Waals surface area contributed by atoms with Crippen molar-refractivity contribution in [1.82, 2.24) is 10.2 Å². The molecule has 3 heteroatoms. The van der Waals surface area contributed by atoms with Gasteiger partial charge in [-0.2, -0.15) is 0 Å². The molecule has 0 amide bonds. The van der Waals surface area contributed by atoms with Crippen molar-refractivity contribution in [2.24, 2.45) is 5.92 Å². The van der Waals surface area contributed by atoms with E-state index in [-0.39, 0.29) is 0 Å². The Morgan fingerprint density at radius 2 is 2.13 bits per heavy atom. The lowest BCUT2D eigenvalue weighted by Crippen LogP contribution is -2.60. The Bertz CT molecular complexity index is 240. The first-order chi connectivity index (χ1) is 7.29. The third-order valence-electron chi connectivity index (χ3n) is 4.72. The molecule has 3 fully saturated rings. The van der Waals surface area contributed by atoms with Gasteiger partial charge in [0.15, 0.2) is 0 Å². The average molecular weight is 210 g/mol. The molecular formula is C12H22N2O. The minimum absolute atomic E-state index is 0.372. The maximum atomic E-state index is 10.9. The number of piperidine rings is 2. The second kappa shape index (κ2) is 3.72. The van der Waals surface area contributed by atoms with Gasteiger partial charge < -0.3 is 15.3 Å². The van der Waals surface area contributed by atoms with E-state index >= 15 is 0 Å². The smallest absolute Gasteiger partial charge is 0.0852 e. The molecule has 15 heavy (non-hydrogen) atoms. The molecule has 0 saturated carbocycles. The van der Waals surface area contributed by atoms with E-state index in [9.17, 15) is 5.11 Å². The van der Waals surface area contributed by atoms with Gasteiger partial charge in [-0.05, 0) is 38.8 Å². The quantitative estimate of drug-likeness (QED) is 0.665. The van der Waals surface area contributed by atoms with Gasteiger partial charge in [0, 0.05) is 25.0 Å². The summed E-state index contributed by atoms with van der Waals surface area (Å²) < 4.78 is 0. The van der Waals surface area contributed by atoms with Crippen LogP contribution in [0.2, 0.25) is 0 Å². The first-order valence-electron chi connectivity index (χ1n) is 6.47. The first-order valence-corrected chi connectivity index (χ1v) is 6.47. The van der Waals surface area contributed by atoms with Crippen molar-refractivity contribution in [2.45, 2.75) is 43.7 Å². The van der Waals surface area contributed by atoms with Crippen molar-refractivity contribution in [1.29, 1.82) is 0 Å². The monoisotopic (exact) mass is 210 g/mol. The first kappa shape index (κ1) is 10.1. The summed E-state index contributed by atoms with van der Waals surface area (Å²) in [5, 5.41) is 14.4. The van der Waals surface area contributed by atoms with Gasteiger partial charge in [0.25, 0.3) is 0 Å². The number of fused-ring (bicyclic) bond motifs is 2. The summed E-state index contributed by atoms with van der Waals surface area (Å²) in [4.78, 5) is 2.50. The highest BCUT2D eigenvalue weighted by molar-refractivity contribution is 5.04. The highest BCUT2D eigenvalue weighted by Gasteiger charge is 2.49. The summed E-state index contributed by atoms with van der Waals surface area (Å²) in [7, 11) is 0. The third kappa shape index (κ3) is 1.61. The maximum Gasteiger partial charge on any atom is 0.0852 e. The Labute approximate surface area is 91.8 Å². The molecule has 3 rings (SSSR count). The molecule has 0 aromatic heterocycles. The second-order valence-electron chi connectivity index (χ2n) is 5.53. The summed E-state index contributed by atoms with van der Waals surface area (Å²) >= 11 is 0. The Kier molecular flexibility index (Phi) is 2.49. The molecule has 3 aliphatic rings. The molecule has 0 aliphatic carbocycles. The molecule has 0 radical (unpaired) electrons. The molecule has 2 N–H and O–H groups in total. The van der Waals surface area contributed by atoms with Crippen LogP contribution in [0.25, 0.3) is 0 Å². The zero-order chi connectivity index (χ0) is 10.3. The number of nitrogens with one attached hydrogen (secondary N) is 1. The van der Waals surface area contributed by atoms with Crippen LogP contribution in [0.3, 0.4) is 0 Å². The van der Waals surface area contributed by atoms with E-state index in [4.69, 9.17) is 0 Å². The van der Waals surface area contributed by atoms with Crippen LogP contribution >= 0.6 is 0 Å². The molecule has 3 nitrogen and oxygen atoms in total. The van der Waals surface area contributed by atoms with E-state index in [1.54, 1.807) is 0 Å². The predicted octanol–water partition coefficient (Wildman–Crippen LogP) is 0.585. The fourth-order valence-electron chi connectivity index (χ4n) is 3.72. The molecule has 3 heterocycles. The van der Waals surface area contributed by atoms with Crippen molar-refractivity contribution in [3.8, 4) is 0 Å². The Morgan fingerprint density at radius 1 is 1.20 bits per heavy atom. The summed E-state index contributed by atoms with van der Waals surface area (Å²) in [6.45, 7) is 4.54. The fourth-order valence-corrected chi connectivity index (χ4v) is 3.72. The number of hydrogen-bond donors (Lipinski definition) is 2. The molecule has 3 saturated heterocycles. The molecule has 4 atom stereocenters. The van der Waals surface area contributed by atoms with Gasteiger partial charge >= 0.3 is 0 Å². The average Bonchev–Trinajstić information content (AvgIpc) is 2.71. The van der Waals surface area contributed by atoms with Crippen LogP contribution < -0.4 is 5.32 Å². The summed E-state index contributed by atoms with van der Waals surface area (Å²) in [5.74, 6) is 0.529. The maximum absolute atomic E-state index is 10.9. The molecule has 4 unspecified atom stereocenters. The van der Waals surface area contributed by atoms with Crippen molar-refractivity contribution >= 4 is 0 Å². The van der Waals surface area contributed by atoms with Gasteiger partial charge in [0.1, 0.15) is 0 Å². The molecule has 2 bridgehead atoms. The van der Waals surface area contributed by atoms with Crippen LogP contribution in [-0.4, -0.2) is 47.8 Å². The molecule has 0 aromatic carbocycles. The molecule has 3 aliphatic heterocycles. The summed E-state index contributed by atoms with van der Waals surface area (Å²) in [6, 6.07) is 0.372. The molecule has 0 spiro atoms. The van der Waals surface area contributed by atoms with E-state index in [1.807, 2.05) is 0 Å². The van der Waals surface area contributed by atoms with Crippen molar-refractivity contribution in [2.75, 3.05) is 26.2 Å². The highest BCUT2D eigenvalue weighted by Crippen LogP contribution is 2.39. The lowest BCUT2D eigenvalue weighted by Gasteiger charge is -2.46. The van der Waals surface area contributed by atoms with E-state index in [0.29, 0.717) is 12.0 Å². The minimum atomic E-state index is -0.395. The van der Waals surface area contributed by atoms with E-state index in [0.717, 1.165) is 26.1 Å². The van der Waals surface area contributed by atoms with Gasteiger partial charge in [-0.25, -0.2) is 0 Å². The fraction of sp³-hybridized carbons (Fsp3) is 1.00. The summed E-state index contributed by atoms with van der Waals surface area (Å²) in [6.07, 6.45) is 5.93. The standard InChI is InChI=1S/C12H22N2O/c15-12(11-3-1-2-6-13-11)5-8-14-7-4-10(12)9-14/h10-11,13,15H,1-9H2. The van der Waals surface area contributed by atoms with Crippen molar-refractivity contribution in [3.63, 3.8) is 0 Å². The Hall–Kier alpha value is -0.120. The number of hydrogen-bond acceptors (Lipinski definition) is 3. The van der Waals surface area contributed by atoms with Crippen LogP contribution in [0.5, 0.6) is 0 Å².